The van der Waals surface area contributed by atoms with Crippen molar-refractivity contribution in [1.82, 2.24) is 14.9 Å². The van der Waals surface area contributed by atoms with Crippen molar-refractivity contribution in [2.24, 2.45) is 0 Å². The van der Waals surface area contributed by atoms with Crippen molar-refractivity contribution in [2.45, 2.75) is 13.0 Å². The molecule has 0 aromatic carbocycles. The minimum Gasteiger partial charge on any atom is -0.465 e. The maximum Gasteiger partial charge on any atom is 0.407 e. The van der Waals surface area contributed by atoms with Crippen LogP contribution in [0.15, 0.2) is 12.4 Å². The molecule has 1 unspecified atom stereocenters. The van der Waals surface area contributed by atoms with Crippen LogP contribution < -0.4 is 10.6 Å². The lowest BCUT2D eigenvalue weighted by Crippen LogP contribution is -2.53. The third kappa shape index (κ3) is 2.38. The van der Waals surface area contributed by atoms with Gasteiger partial charge in [0.1, 0.15) is 11.6 Å². The predicted molar refractivity (Wildman–Crippen MR) is 62.9 cm³/mol. The van der Waals surface area contributed by atoms with Crippen LogP contribution in [0.25, 0.3) is 0 Å². The van der Waals surface area contributed by atoms with Crippen molar-refractivity contribution in [1.29, 1.82) is 0 Å². The number of nitrogens with zero attached hydrogens (tertiary/aromatic N) is 4. The van der Waals surface area contributed by atoms with E-state index in [0.717, 1.165) is 5.82 Å². The summed E-state index contributed by atoms with van der Waals surface area (Å²) in [5.41, 5.74) is 5.47. The highest BCUT2D eigenvalue weighted by atomic mass is 16.4. The molecular weight excluding hydrogens is 222 g/mol. The van der Waals surface area contributed by atoms with Crippen molar-refractivity contribution in [3.8, 4) is 0 Å². The first-order valence-electron chi connectivity index (χ1n) is 5.40. The molecule has 1 aliphatic heterocycles. The summed E-state index contributed by atoms with van der Waals surface area (Å²) in [5, 5.41) is 8.91. The molecule has 1 saturated heterocycles. The van der Waals surface area contributed by atoms with E-state index in [-0.39, 0.29) is 6.04 Å². The van der Waals surface area contributed by atoms with E-state index in [9.17, 15) is 4.79 Å². The van der Waals surface area contributed by atoms with Crippen LogP contribution >= 0.6 is 0 Å². The van der Waals surface area contributed by atoms with Gasteiger partial charge in [-0.2, -0.15) is 0 Å². The largest absolute Gasteiger partial charge is 0.465 e. The Morgan fingerprint density at radius 2 is 2.24 bits per heavy atom. The summed E-state index contributed by atoms with van der Waals surface area (Å²) in [6.07, 6.45) is 2.24. The Balaban J connectivity index is 2.09. The highest BCUT2D eigenvalue weighted by molar-refractivity contribution is 5.65. The monoisotopic (exact) mass is 237 g/mol. The van der Waals surface area contributed by atoms with E-state index in [1.54, 1.807) is 6.20 Å². The Bertz CT molecular complexity index is 408. The quantitative estimate of drug-likeness (QED) is 0.726. The SMILES string of the molecule is CC1CN(C(=O)O)CCN1c1cnc(N)cn1. The molecule has 92 valence electrons. The Morgan fingerprint density at radius 3 is 2.76 bits per heavy atom. The number of hydrogen-bond donors (Lipinski definition) is 2. The Hall–Kier alpha value is -2.05. The molecule has 0 saturated carbocycles. The van der Waals surface area contributed by atoms with Gasteiger partial charge in [0.25, 0.3) is 0 Å². The lowest BCUT2D eigenvalue weighted by molar-refractivity contribution is 0.136. The fraction of sp³-hybridized carbons (Fsp3) is 0.500. The third-order valence-corrected chi connectivity index (χ3v) is 2.85. The molecule has 3 N–H and O–H groups in total. The van der Waals surface area contributed by atoms with Crippen LogP contribution in [0.3, 0.4) is 0 Å². The van der Waals surface area contributed by atoms with Gasteiger partial charge in [0.2, 0.25) is 0 Å². The number of carbonyl (C=O) groups is 1. The zero-order valence-corrected chi connectivity index (χ0v) is 9.58. The number of anilines is 2. The van der Waals surface area contributed by atoms with Crippen LogP contribution in [0.5, 0.6) is 0 Å². The Labute approximate surface area is 98.9 Å². The number of nitrogens with two attached hydrogens (primary N) is 1. The van der Waals surface area contributed by atoms with Crippen molar-refractivity contribution >= 4 is 17.7 Å². The number of piperazine rings is 1. The van der Waals surface area contributed by atoms with Crippen LogP contribution in [-0.2, 0) is 0 Å². The van der Waals surface area contributed by atoms with E-state index in [2.05, 4.69) is 9.97 Å². The third-order valence-electron chi connectivity index (χ3n) is 2.85. The Kier molecular flexibility index (Phi) is 2.99. The smallest absolute Gasteiger partial charge is 0.407 e. The van der Waals surface area contributed by atoms with Gasteiger partial charge in [-0.1, -0.05) is 0 Å². The second-order valence-corrected chi connectivity index (χ2v) is 4.07. The van der Waals surface area contributed by atoms with E-state index in [0.29, 0.717) is 25.5 Å². The first-order chi connectivity index (χ1) is 8.08. The van der Waals surface area contributed by atoms with Gasteiger partial charge in [-0.25, -0.2) is 14.8 Å². The second-order valence-electron chi connectivity index (χ2n) is 4.07. The van der Waals surface area contributed by atoms with E-state index in [4.69, 9.17) is 10.8 Å². The van der Waals surface area contributed by atoms with Crippen LogP contribution in [0.2, 0.25) is 0 Å². The molecule has 0 bridgehead atoms. The number of aromatic nitrogens is 2. The normalized spacial score (nSPS) is 20.4. The highest BCUT2D eigenvalue weighted by Crippen LogP contribution is 2.17. The molecule has 1 aromatic heterocycles. The lowest BCUT2D eigenvalue weighted by Gasteiger charge is -2.39. The van der Waals surface area contributed by atoms with Crippen LogP contribution in [0, 0.1) is 0 Å². The summed E-state index contributed by atoms with van der Waals surface area (Å²) in [5.74, 6) is 1.11. The molecule has 0 aliphatic carbocycles. The zero-order valence-electron chi connectivity index (χ0n) is 9.58. The van der Waals surface area contributed by atoms with Gasteiger partial charge in [-0.05, 0) is 6.92 Å². The van der Waals surface area contributed by atoms with E-state index >= 15 is 0 Å². The first-order valence-corrected chi connectivity index (χ1v) is 5.40. The van der Waals surface area contributed by atoms with E-state index < -0.39 is 6.09 Å². The number of rotatable bonds is 1. The lowest BCUT2D eigenvalue weighted by atomic mass is 10.2. The van der Waals surface area contributed by atoms with Gasteiger partial charge in [0.15, 0.2) is 0 Å². The molecule has 1 aromatic rings. The zero-order chi connectivity index (χ0) is 12.4. The Morgan fingerprint density at radius 1 is 1.47 bits per heavy atom. The van der Waals surface area contributed by atoms with Gasteiger partial charge < -0.3 is 20.6 Å². The molecule has 7 nitrogen and oxygen atoms in total. The van der Waals surface area contributed by atoms with Crippen molar-refractivity contribution in [3.05, 3.63) is 12.4 Å². The topological polar surface area (TPSA) is 95.6 Å². The molecule has 2 heterocycles. The number of carboxylic acid groups (broad SMARTS) is 1. The second kappa shape index (κ2) is 4.44. The molecule has 0 radical (unpaired) electrons. The average molecular weight is 237 g/mol. The van der Waals surface area contributed by atoms with Gasteiger partial charge in [-0.15, -0.1) is 0 Å². The molecule has 0 spiro atoms. The fourth-order valence-corrected chi connectivity index (χ4v) is 1.95. The summed E-state index contributed by atoms with van der Waals surface area (Å²) >= 11 is 0. The van der Waals surface area contributed by atoms with Crippen molar-refractivity contribution in [2.75, 3.05) is 30.3 Å². The molecule has 1 amide bonds. The summed E-state index contributed by atoms with van der Waals surface area (Å²) < 4.78 is 0. The fourth-order valence-electron chi connectivity index (χ4n) is 1.95. The molecule has 1 aliphatic rings. The number of amides is 1. The first kappa shape index (κ1) is 11.4. The molecule has 17 heavy (non-hydrogen) atoms. The average Bonchev–Trinajstić information content (AvgIpc) is 2.30. The van der Waals surface area contributed by atoms with Gasteiger partial charge in [0, 0.05) is 25.7 Å². The number of nitrogen functional groups attached to an aromatic ring is 1. The maximum absolute atomic E-state index is 10.9. The standard InChI is InChI=1S/C10H15N5O2/c1-7-6-14(10(16)17)2-3-15(7)9-5-12-8(11)4-13-9/h4-5,7H,2-3,6H2,1H3,(H2,11,12)(H,16,17). The molecule has 1 fully saturated rings. The molecule has 1 atom stereocenters. The summed E-state index contributed by atoms with van der Waals surface area (Å²) in [6, 6.07) is 0.0813. The van der Waals surface area contributed by atoms with E-state index in [1.807, 2.05) is 11.8 Å². The summed E-state index contributed by atoms with van der Waals surface area (Å²) in [4.78, 5) is 22.5. The minimum atomic E-state index is -0.875. The van der Waals surface area contributed by atoms with Crippen LogP contribution in [0.4, 0.5) is 16.4 Å². The summed E-state index contributed by atoms with van der Waals surface area (Å²) in [6.45, 7) is 3.53. The predicted octanol–water partition coefficient (Wildman–Crippen LogP) is 0.247. The molecular formula is C10H15N5O2. The van der Waals surface area contributed by atoms with Gasteiger partial charge >= 0.3 is 6.09 Å². The minimum absolute atomic E-state index is 0.0813. The number of hydrogen-bond acceptors (Lipinski definition) is 5. The van der Waals surface area contributed by atoms with Crippen molar-refractivity contribution < 1.29 is 9.90 Å². The van der Waals surface area contributed by atoms with Crippen LogP contribution in [0.1, 0.15) is 6.92 Å². The van der Waals surface area contributed by atoms with E-state index in [1.165, 1.54) is 11.1 Å². The van der Waals surface area contributed by atoms with Crippen LogP contribution in [-0.4, -0.2) is 51.7 Å². The maximum atomic E-state index is 10.9. The highest BCUT2D eigenvalue weighted by Gasteiger charge is 2.27. The molecule has 7 heteroatoms. The van der Waals surface area contributed by atoms with Gasteiger partial charge in [-0.3, -0.25) is 0 Å². The summed E-state index contributed by atoms with van der Waals surface area (Å²) in [7, 11) is 0. The van der Waals surface area contributed by atoms with Gasteiger partial charge in [0.05, 0.1) is 12.4 Å². The molecule has 2 rings (SSSR count). The van der Waals surface area contributed by atoms with Crippen molar-refractivity contribution in [3.63, 3.8) is 0 Å².